The van der Waals surface area contributed by atoms with Crippen molar-refractivity contribution in [2.24, 2.45) is 7.05 Å². The van der Waals surface area contributed by atoms with Crippen LogP contribution < -0.4 is 10.2 Å². The Morgan fingerprint density at radius 2 is 1.69 bits per heavy atom. The average Bonchev–Trinajstić information content (AvgIpc) is 3.15. The predicted molar refractivity (Wildman–Crippen MR) is 134 cm³/mol. The number of benzene rings is 2. The molecular weight excluding hydrogens is 418 g/mol. The maximum absolute atomic E-state index is 12.8. The highest BCUT2D eigenvalue weighted by molar-refractivity contribution is 8.00. The van der Waals surface area contributed by atoms with Crippen LogP contribution >= 0.6 is 11.8 Å². The van der Waals surface area contributed by atoms with Gasteiger partial charge in [0.2, 0.25) is 5.91 Å². The number of hydrogen-bond donors (Lipinski definition) is 1. The van der Waals surface area contributed by atoms with Gasteiger partial charge in [-0.15, -0.1) is 10.2 Å². The monoisotopic (exact) mass is 451 g/mol. The number of rotatable bonds is 9. The second-order valence-electron chi connectivity index (χ2n) is 8.08. The Bertz CT molecular complexity index is 1040. The third kappa shape index (κ3) is 5.33. The van der Waals surface area contributed by atoms with Gasteiger partial charge in [-0.2, -0.15) is 0 Å². The predicted octanol–water partition coefficient (Wildman–Crippen LogP) is 5.57. The molecule has 0 fully saturated rings. The summed E-state index contributed by atoms with van der Waals surface area (Å²) in [5.41, 5.74) is 4.20. The first kappa shape index (κ1) is 23.9. The average molecular weight is 452 g/mol. The molecule has 1 unspecified atom stereocenters. The molecule has 3 aromatic rings. The van der Waals surface area contributed by atoms with E-state index in [2.05, 4.69) is 78.4 Å². The molecule has 0 aliphatic carbocycles. The fourth-order valence-corrected chi connectivity index (χ4v) is 4.45. The van der Waals surface area contributed by atoms with Gasteiger partial charge in [0, 0.05) is 37.1 Å². The first-order valence-electron chi connectivity index (χ1n) is 11.2. The molecule has 7 heteroatoms. The van der Waals surface area contributed by atoms with E-state index in [0.29, 0.717) is 11.1 Å². The van der Waals surface area contributed by atoms with Gasteiger partial charge in [0.15, 0.2) is 11.0 Å². The van der Waals surface area contributed by atoms with Crippen molar-refractivity contribution in [3.8, 4) is 11.4 Å². The third-order valence-electron chi connectivity index (χ3n) is 5.58. The highest BCUT2D eigenvalue weighted by atomic mass is 32.2. The minimum absolute atomic E-state index is 0.0452. The Hall–Kier alpha value is -2.80. The largest absolute Gasteiger partial charge is 0.372 e. The highest BCUT2D eigenvalue weighted by Crippen LogP contribution is 2.29. The first-order chi connectivity index (χ1) is 15.3. The lowest BCUT2D eigenvalue weighted by molar-refractivity contribution is -0.115. The number of amides is 1. The molecule has 0 aliphatic heterocycles. The van der Waals surface area contributed by atoms with Crippen molar-refractivity contribution in [1.29, 1.82) is 0 Å². The normalized spacial score (nSPS) is 12.1. The number of nitrogens with zero attached hydrogens (tertiary/aromatic N) is 4. The van der Waals surface area contributed by atoms with Gasteiger partial charge in [-0.05, 0) is 62.6 Å². The zero-order chi connectivity index (χ0) is 23.3. The third-order valence-corrected chi connectivity index (χ3v) is 6.72. The number of aromatic nitrogens is 3. The van der Waals surface area contributed by atoms with Crippen LogP contribution in [0.5, 0.6) is 0 Å². The lowest BCUT2D eigenvalue weighted by Crippen LogP contribution is -2.23. The van der Waals surface area contributed by atoms with Crippen LogP contribution in [0, 0.1) is 0 Å². The molecule has 32 heavy (non-hydrogen) atoms. The molecule has 1 heterocycles. The molecule has 0 spiro atoms. The lowest BCUT2D eigenvalue weighted by Gasteiger charge is -2.21. The second kappa shape index (κ2) is 10.7. The summed E-state index contributed by atoms with van der Waals surface area (Å²) in [5.74, 6) is 1.08. The van der Waals surface area contributed by atoms with Crippen molar-refractivity contribution in [2.45, 2.75) is 50.9 Å². The van der Waals surface area contributed by atoms with Crippen LogP contribution in [0.4, 0.5) is 11.4 Å². The van der Waals surface area contributed by atoms with Gasteiger partial charge in [0.25, 0.3) is 0 Å². The summed E-state index contributed by atoms with van der Waals surface area (Å²) < 4.78 is 1.95. The van der Waals surface area contributed by atoms with Crippen molar-refractivity contribution < 1.29 is 4.79 Å². The van der Waals surface area contributed by atoms with E-state index >= 15 is 0 Å². The minimum atomic E-state index is -0.309. The molecule has 2 aromatic carbocycles. The molecular formula is C25H33N5OS. The number of anilines is 2. The summed E-state index contributed by atoms with van der Waals surface area (Å²) in [6.45, 7) is 12.4. The van der Waals surface area contributed by atoms with Gasteiger partial charge in [-0.1, -0.05) is 43.8 Å². The standard InChI is InChI=1S/C25H33N5OS/c1-7-30(8-2)20-15-13-19(14-16-20)23-27-28-25(29(23)6)32-18(5)24(31)26-22-12-10-9-11-21(22)17(3)4/h9-18H,7-8H2,1-6H3,(H,26,31). The molecule has 1 N–H and O–H groups in total. The van der Waals surface area contributed by atoms with Gasteiger partial charge in [-0.3, -0.25) is 4.79 Å². The Balaban J connectivity index is 1.71. The van der Waals surface area contributed by atoms with Gasteiger partial charge < -0.3 is 14.8 Å². The van der Waals surface area contributed by atoms with E-state index in [0.717, 1.165) is 35.7 Å². The highest BCUT2D eigenvalue weighted by Gasteiger charge is 2.20. The van der Waals surface area contributed by atoms with Crippen LogP contribution in [0.3, 0.4) is 0 Å². The quantitative estimate of drug-likeness (QED) is 0.431. The summed E-state index contributed by atoms with van der Waals surface area (Å²) in [6.07, 6.45) is 0. The second-order valence-corrected chi connectivity index (χ2v) is 9.38. The van der Waals surface area contributed by atoms with Crippen LogP contribution in [0.15, 0.2) is 53.7 Å². The maximum Gasteiger partial charge on any atom is 0.237 e. The van der Waals surface area contributed by atoms with Crippen LogP contribution in [0.25, 0.3) is 11.4 Å². The van der Waals surface area contributed by atoms with Crippen molar-refractivity contribution in [2.75, 3.05) is 23.3 Å². The van der Waals surface area contributed by atoms with E-state index in [1.54, 1.807) is 0 Å². The van der Waals surface area contributed by atoms with Crippen LogP contribution in [0.1, 0.15) is 46.1 Å². The van der Waals surface area contributed by atoms with E-state index in [4.69, 9.17) is 0 Å². The SMILES string of the molecule is CCN(CC)c1ccc(-c2nnc(SC(C)C(=O)Nc3ccccc3C(C)C)n2C)cc1. The number of carbonyl (C=O) groups is 1. The Kier molecular flexibility index (Phi) is 7.96. The smallest absolute Gasteiger partial charge is 0.237 e. The Labute approximate surface area is 195 Å². The molecule has 1 aromatic heterocycles. The van der Waals surface area contributed by atoms with Crippen molar-refractivity contribution in [3.05, 3.63) is 54.1 Å². The zero-order valence-electron chi connectivity index (χ0n) is 19.8. The molecule has 0 saturated carbocycles. The molecule has 0 saturated heterocycles. The van der Waals surface area contributed by atoms with Gasteiger partial charge in [-0.25, -0.2) is 0 Å². The number of hydrogen-bond acceptors (Lipinski definition) is 5. The molecule has 0 aliphatic rings. The zero-order valence-corrected chi connectivity index (χ0v) is 20.6. The summed E-state index contributed by atoms with van der Waals surface area (Å²) in [7, 11) is 1.94. The maximum atomic E-state index is 12.8. The van der Waals surface area contributed by atoms with Gasteiger partial charge >= 0.3 is 0 Å². The molecule has 1 amide bonds. The molecule has 170 valence electrons. The van der Waals surface area contributed by atoms with Crippen molar-refractivity contribution >= 4 is 29.0 Å². The molecule has 6 nitrogen and oxygen atoms in total. The number of carbonyl (C=O) groups excluding carboxylic acids is 1. The lowest BCUT2D eigenvalue weighted by atomic mass is 10.0. The van der Waals surface area contributed by atoms with Crippen LogP contribution in [-0.4, -0.2) is 39.0 Å². The Morgan fingerprint density at radius 1 is 1.03 bits per heavy atom. The van der Waals surface area contributed by atoms with E-state index in [-0.39, 0.29) is 11.2 Å². The molecule has 1 atom stereocenters. The van der Waals surface area contributed by atoms with E-state index in [1.807, 2.05) is 36.7 Å². The fraction of sp³-hybridized carbons (Fsp3) is 0.400. The van der Waals surface area contributed by atoms with Crippen molar-refractivity contribution in [3.63, 3.8) is 0 Å². The van der Waals surface area contributed by atoms with Gasteiger partial charge in [0.1, 0.15) is 0 Å². The molecule has 0 bridgehead atoms. The van der Waals surface area contributed by atoms with Crippen molar-refractivity contribution in [1.82, 2.24) is 14.8 Å². The molecule has 3 rings (SSSR count). The number of thioether (sulfide) groups is 1. The van der Waals surface area contributed by atoms with Crippen LogP contribution in [0.2, 0.25) is 0 Å². The Morgan fingerprint density at radius 3 is 2.31 bits per heavy atom. The number of nitrogens with one attached hydrogen (secondary N) is 1. The van der Waals surface area contributed by atoms with Gasteiger partial charge in [0.05, 0.1) is 5.25 Å². The summed E-state index contributed by atoms with van der Waals surface area (Å²) >= 11 is 1.41. The van der Waals surface area contributed by atoms with Crippen LogP contribution in [-0.2, 0) is 11.8 Å². The van der Waals surface area contributed by atoms with E-state index in [1.165, 1.54) is 17.4 Å². The first-order valence-corrected chi connectivity index (χ1v) is 12.0. The topological polar surface area (TPSA) is 63.1 Å². The minimum Gasteiger partial charge on any atom is -0.372 e. The summed E-state index contributed by atoms with van der Waals surface area (Å²) in [5, 5.41) is 12.2. The fourth-order valence-electron chi connectivity index (χ4n) is 3.64. The number of para-hydroxylation sites is 1. The van der Waals surface area contributed by atoms with E-state index < -0.39 is 0 Å². The summed E-state index contributed by atoms with van der Waals surface area (Å²) in [4.78, 5) is 15.1. The molecule has 0 radical (unpaired) electrons. The van der Waals surface area contributed by atoms with E-state index in [9.17, 15) is 4.79 Å². The summed E-state index contributed by atoms with van der Waals surface area (Å²) in [6, 6.07) is 16.3.